The van der Waals surface area contributed by atoms with Crippen LogP contribution >= 0.6 is 11.3 Å². The van der Waals surface area contributed by atoms with Gasteiger partial charge in [0.25, 0.3) is 0 Å². The topological polar surface area (TPSA) is 99.8 Å². The van der Waals surface area contributed by atoms with Crippen LogP contribution in [0.2, 0.25) is 0 Å². The number of nitrogens with two attached hydrogens (primary N) is 1. The van der Waals surface area contributed by atoms with Crippen LogP contribution in [0.4, 0.5) is 11.5 Å². The molecule has 6 nitrogen and oxygen atoms in total. The maximum Gasteiger partial charge on any atom is 0.126 e. The van der Waals surface area contributed by atoms with Gasteiger partial charge >= 0.3 is 0 Å². The van der Waals surface area contributed by atoms with Crippen molar-refractivity contribution >= 4 is 33.1 Å². The Morgan fingerprint density at radius 3 is 3.05 bits per heavy atom. The predicted molar refractivity (Wildman–Crippen MR) is 84.2 cm³/mol. The van der Waals surface area contributed by atoms with E-state index in [9.17, 15) is 5.11 Å². The highest BCUT2D eigenvalue weighted by Crippen LogP contribution is 2.38. The average molecular weight is 301 g/mol. The number of H-pyrrole nitrogens is 1. The van der Waals surface area contributed by atoms with Crippen molar-refractivity contribution in [3.63, 3.8) is 0 Å². The predicted octanol–water partition coefficient (Wildman–Crippen LogP) is 2.06. The molecule has 2 unspecified atom stereocenters. The van der Waals surface area contributed by atoms with Gasteiger partial charge in [-0.15, -0.1) is 11.3 Å². The molecule has 3 heterocycles. The number of aromatic nitrogens is 3. The molecular formula is C14H15N5OS. The molecule has 4 rings (SSSR count). The number of nitrogens with one attached hydrogen (secondary N) is 2. The molecule has 1 saturated carbocycles. The van der Waals surface area contributed by atoms with Gasteiger partial charge in [0.15, 0.2) is 0 Å². The van der Waals surface area contributed by atoms with Gasteiger partial charge in [-0.3, -0.25) is 5.10 Å². The minimum absolute atomic E-state index is 0.157. The Hall–Kier alpha value is -2.12. The zero-order valence-corrected chi connectivity index (χ0v) is 12.0. The number of aliphatic hydroxyl groups is 1. The second-order valence-electron chi connectivity index (χ2n) is 5.32. The van der Waals surface area contributed by atoms with E-state index < -0.39 is 0 Å². The molecule has 0 radical (unpaired) electrons. The number of nitrogen functional groups attached to an aromatic ring is 1. The van der Waals surface area contributed by atoms with Crippen molar-refractivity contribution in [2.75, 3.05) is 17.6 Å². The number of fused-ring (bicyclic) bond motifs is 1. The molecule has 3 aromatic rings. The summed E-state index contributed by atoms with van der Waals surface area (Å²) in [5.74, 6) is 0.841. The fraction of sp³-hybridized carbons (Fsp3) is 0.286. The van der Waals surface area contributed by atoms with Crippen LogP contribution in [0.25, 0.3) is 20.8 Å². The van der Waals surface area contributed by atoms with Crippen LogP contribution in [0.15, 0.2) is 24.4 Å². The Balaban J connectivity index is 1.71. The third-order valence-electron chi connectivity index (χ3n) is 3.69. The van der Waals surface area contributed by atoms with Gasteiger partial charge in [-0.05, 0) is 18.6 Å². The number of pyridine rings is 1. The summed E-state index contributed by atoms with van der Waals surface area (Å²) in [7, 11) is 0. The van der Waals surface area contributed by atoms with Gasteiger partial charge in [-0.1, -0.05) is 0 Å². The average Bonchev–Trinajstić information content (AvgIpc) is 2.87. The van der Waals surface area contributed by atoms with Crippen LogP contribution in [0, 0.1) is 5.92 Å². The first-order chi connectivity index (χ1) is 10.2. The standard InChI is InChI=1S/C14H15N5OS/c15-13-5-9(16-6-7-3-11(7)20)14-10(18-13)4-12(21-14)8-1-2-17-19-8/h1-2,4-5,7,11,20H,3,6H2,(H,17,19)(H3,15,16,18). The van der Waals surface area contributed by atoms with Gasteiger partial charge in [-0.25, -0.2) is 4.98 Å². The zero-order chi connectivity index (χ0) is 14.4. The fourth-order valence-electron chi connectivity index (χ4n) is 2.39. The minimum atomic E-state index is -0.157. The molecule has 5 N–H and O–H groups in total. The lowest BCUT2D eigenvalue weighted by Crippen LogP contribution is -2.06. The molecule has 0 amide bonds. The lowest BCUT2D eigenvalue weighted by molar-refractivity contribution is 0.262. The third kappa shape index (κ3) is 2.34. The van der Waals surface area contributed by atoms with E-state index in [0.29, 0.717) is 11.7 Å². The Bertz CT molecular complexity index is 782. The Kier molecular flexibility index (Phi) is 2.83. The molecule has 108 valence electrons. The molecule has 1 aliphatic carbocycles. The van der Waals surface area contributed by atoms with E-state index in [-0.39, 0.29) is 6.10 Å². The van der Waals surface area contributed by atoms with Gasteiger partial charge in [0.1, 0.15) is 11.5 Å². The molecule has 0 aliphatic heterocycles. The van der Waals surface area contributed by atoms with Crippen molar-refractivity contribution in [1.82, 2.24) is 15.2 Å². The third-order valence-corrected chi connectivity index (χ3v) is 4.87. The van der Waals surface area contributed by atoms with Crippen molar-refractivity contribution in [3.8, 4) is 10.6 Å². The van der Waals surface area contributed by atoms with Crippen molar-refractivity contribution in [2.45, 2.75) is 12.5 Å². The first-order valence-electron chi connectivity index (χ1n) is 6.83. The van der Waals surface area contributed by atoms with Crippen molar-refractivity contribution in [2.24, 2.45) is 5.92 Å². The minimum Gasteiger partial charge on any atom is -0.393 e. The van der Waals surface area contributed by atoms with Gasteiger partial charge < -0.3 is 16.2 Å². The van der Waals surface area contributed by atoms with Crippen LogP contribution in [-0.2, 0) is 0 Å². The van der Waals surface area contributed by atoms with E-state index in [1.165, 1.54) is 0 Å². The summed E-state index contributed by atoms with van der Waals surface area (Å²) in [6.07, 6.45) is 2.52. The number of aliphatic hydroxyl groups excluding tert-OH is 1. The van der Waals surface area contributed by atoms with Crippen LogP contribution in [0.1, 0.15) is 6.42 Å². The molecule has 7 heteroatoms. The molecule has 0 spiro atoms. The first kappa shape index (κ1) is 12.6. The van der Waals surface area contributed by atoms with Gasteiger partial charge in [0.05, 0.1) is 26.9 Å². The number of anilines is 2. The number of hydrogen-bond donors (Lipinski definition) is 4. The molecule has 0 saturated heterocycles. The van der Waals surface area contributed by atoms with Crippen LogP contribution in [0.5, 0.6) is 0 Å². The summed E-state index contributed by atoms with van der Waals surface area (Å²) in [5.41, 5.74) is 8.63. The summed E-state index contributed by atoms with van der Waals surface area (Å²) in [6.45, 7) is 0.759. The Morgan fingerprint density at radius 1 is 1.48 bits per heavy atom. The smallest absolute Gasteiger partial charge is 0.126 e. The second-order valence-corrected chi connectivity index (χ2v) is 6.38. The second kappa shape index (κ2) is 4.71. The van der Waals surface area contributed by atoms with Gasteiger partial charge in [0.2, 0.25) is 0 Å². The van der Waals surface area contributed by atoms with Gasteiger partial charge in [-0.2, -0.15) is 5.10 Å². The quantitative estimate of drug-likeness (QED) is 0.591. The molecule has 2 atom stereocenters. The summed E-state index contributed by atoms with van der Waals surface area (Å²) < 4.78 is 1.07. The van der Waals surface area contributed by atoms with Gasteiger partial charge in [0, 0.05) is 24.7 Å². The highest BCUT2D eigenvalue weighted by molar-refractivity contribution is 7.22. The Morgan fingerprint density at radius 2 is 2.33 bits per heavy atom. The van der Waals surface area contributed by atoms with E-state index in [1.54, 1.807) is 17.5 Å². The normalized spacial score (nSPS) is 20.8. The summed E-state index contributed by atoms with van der Waals surface area (Å²) >= 11 is 1.64. The molecule has 0 bridgehead atoms. The highest BCUT2D eigenvalue weighted by Gasteiger charge is 2.34. The van der Waals surface area contributed by atoms with Crippen molar-refractivity contribution < 1.29 is 5.11 Å². The zero-order valence-electron chi connectivity index (χ0n) is 11.2. The van der Waals surface area contributed by atoms with Crippen LogP contribution < -0.4 is 11.1 Å². The first-order valence-corrected chi connectivity index (χ1v) is 7.64. The monoisotopic (exact) mass is 301 g/mol. The van der Waals surface area contributed by atoms with Crippen molar-refractivity contribution in [3.05, 3.63) is 24.4 Å². The van der Waals surface area contributed by atoms with Crippen molar-refractivity contribution in [1.29, 1.82) is 0 Å². The van der Waals surface area contributed by atoms with Crippen LogP contribution in [0.3, 0.4) is 0 Å². The van der Waals surface area contributed by atoms with E-state index in [1.807, 2.05) is 18.2 Å². The number of rotatable bonds is 4. The number of aromatic amines is 1. The molecule has 1 fully saturated rings. The van der Waals surface area contributed by atoms with E-state index in [4.69, 9.17) is 5.73 Å². The lowest BCUT2D eigenvalue weighted by Gasteiger charge is -2.07. The van der Waals surface area contributed by atoms with E-state index >= 15 is 0 Å². The molecular weight excluding hydrogens is 286 g/mol. The number of hydrogen-bond acceptors (Lipinski definition) is 6. The Labute approximate surface area is 125 Å². The largest absolute Gasteiger partial charge is 0.393 e. The maximum absolute atomic E-state index is 9.42. The van der Waals surface area contributed by atoms with E-state index in [2.05, 4.69) is 20.5 Å². The number of thiophene rings is 1. The summed E-state index contributed by atoms with van der Waals surface area (Å²) in [6, 6.07) is 5.79. The number of nitrogens with zero attached hydrogens (tertiary/aromatic N) is 2. The lowest BCUT2D eigenvalue weighted by atomic mass is 10.3. The molecule has 0 aromatic carbocycles. The summed E-state index contributed by atoms with van der Waals surface area (Å²) in [4.78, 5) is 5.44. The molecule has 3 aromatic heterocycles. The molecule has 1 aliphatic rings. The van der Waals surface area contributed by atoms with E-state index in [0.717, 1.165) is 39.4 Å². The highest BCUT2D eigenvalue weighted by atomic mass is 32.1. The SMILES string of the molecule is Nc1cc(NCC2CC2O)c2sc(-c3cc[nH]n3)cc2n1. The maximum atomic E-state index is 9.42. The van der Waals surface area contributed by atoms with Crippen LogP contribution in [-0.4, -0.2) is 32.9 Å². The molecule has 21 heavy (non-hydrogen) atoms. The summed E-state index contributed by atoms with van der Waals surface area (Å²) in [5, 5.41) is 19.8. The fourth-order valence-corrected chi connectivity index (χ4v) is 3.45.